The molecule has 0 radical (unpaired) electrons. The van der Waals surface area contributed by atoms with Crippen LogP contribution in [0.2, 0.25) is 0 Å². The highest BCUT2D eigenvalue weighted by Gasteiger charge is 2.32. The summed E-state index contributed by atoms with van der Waals surface area (Å²) < 4.78 is 5.68. The zero-order chi connectivity index (χ0) is 15.1. The third-order valence-corrected chi connectivity index (χ3v) is 5.14. The highest BCUT2D eigenvalue weighted by atomic mass is 32.2. The van der Waals surface area contributed by atoms with Crippen molar-refractivity contribution < 1.29 is 9.84 Å². The molecule has 2 rings (SSSR count). The Hall–Kier alpha value is -0.550. The van der Waals surface area contributed by atoms with Crippen molar-refractivity contribution in [2.75, 3.05) is 24.7 Å². The van der Waals surface area contributed by atoms with Gasteiger partial charge in [0.25, 0.3) is 0 Å². The molecular weight excluding hydrogens is 282 g/mol. The quantitative estimate of drug-likeness (QED) is 0.775. The molecule has 0 aliphatic carbocycles. The number of aliphatic hydroxyl groups is 1. The van der Waals surface area contributed by atoms with E-state index in [9.17, 15) is 5.11 Å². The molecule has 1 aliphatic rings. The summed E-state index contributed by atoms with van der Waals surface area (Å²) in [6.45, 7) is 5.25. The first-order chi connectivity index (χ1) is 10.2. The van der Waals surface area contributed by atoms with E-state index in [1.54, 1.807) is 0 Å². The number of aliphatic hydroxyl groups excluding tert-OH is 1. The third-order valence-electron chi connectivity index (χ3n) is 3.84. The first kappa shape index (κ1) is 16.8. The van der Waals surface area contributed by atoms with E-state index in [0.29, 0.717) is 12.1 Å². The van der Waals surface area contributed by atoms with Crippen molar-refractivity contribution in [3.8, 4) is 0 Å². The van der Waals surface area contributed by atoms with Crippen molar-refractivity contribution in [2.24, 2.45) is 0 Å². The molecule has 1 saturated heterocycles. The minimum absolute atomic E-state index is 0.105. The van der Waals surface area contributed by atoms with Gasteiger partial charge in [-0.2, -0.15) is 11.8 Å². The summed E-state index contributed by atoms with van der Waals surface area (Å²) in [6.07, 6.45) is 2.74. The summed E-state index contributed by atoms with van der Waals surface area (Å²) >= 11 is 1.87. The lowest BCUT2D eigenvalue weighted by atomic mass is 9.92. The Bertz CT molecular complexity index is 407. The Kier molecular flexibility index (Phi) is 6.55. The summed E-state index contributed by atoms with van der Waals surface area (Å²) in [5.74, 6) is 1.86. The number of rotatable bonds is 8. The van der Waals surface area contributed by atoms with Crippen molar-refractivity contribution >= 4 is 11.8 Å². The summed E-state index contributed by atoms with van der Waals surface area (Å²) in [7, 11) is 0. The molecule has 1 aromatic carbocycles. The molecule has 0 aromatic heterocycles. The molecular formula is C17H27NO2S. The van der Waals surface area contributed by atoms with Gasteiger partial charge in [0.2, 0.25) is 0 Å². The van der Waals surface area contributed by atoms with Crippen molar-refractivity contribution in [3.63, 3.8) is 0 Å². The number of hydrogen-bond acceptors (Lipinski definition) is 4. The molecule has 0 saturated carbocycles. The predicted molar refractivity (Wildman–Crippen MR) is 89.8 cm³/mol. The van der Waals surface area contributed by atoms with E-state index >= 15 is 0 Å². The number of ether oxygens (including phenoxy) is 1. The maximum absolute atomic E-state index is 10.1. The van der Waals surface area contributed by atoms with E-state index in [-0.39, 0.29) is 12.1 Å². The molecule has 1 aliphatic heterocycles. The van der Waals surface area contributed by atoms with Crippen LogP contribution in [0.1, 0.15) is 32.3 Å². The molecule has 0 amide bonds. The standard InChI is InChI=1S/C17H27NO2S/c1-14(2)18-17(12-19,15-7-4-3-5-8-15)13-21-11-16-9-6-10-20-16/h3-5,7-8,14,16,18-19H,6,9-13H2,1-2H3. The Morgan fingerprint density at radius 2 is 2.14 bits per heavy atom. The summed E-state index contributed by atoms with van der Waals surface area (Å²) in [4.78, 5) is 0. The molecule has 1 heterocycles. The Labute approximate surface area is 132 Å². The van der Waals surface area contributed by atoms with Crippen LogP contribution in [0.3, 0.4) is 0 Å². The van der Waals surface area contributed by atoms with Gasteiger partial charge in [-0.1, -0.05) is 30.3 Å². The van der Waals surface area contributed by atoms with Crippen LogP contribution in [0, 0.1) is 0 Å². The molecule has 3 nitrogen and oxygen atoms in total. The summed E-state index contributed by atoms with van der Waals surface area (Å²) in [5.41, 5.74) is 0.777. The largest absolute Gasteiger partial charge is 0.394 e. The predicted octanol–water partition coefficient (Wildman–Crippen LogP) is 2.78. The van der Waals surface area contributed by atoms with Crippen molar-refractivity contribution in [1.82, 2.24) is 5.32 Å². The van der Waals surface area contributed by atoms with Gasteiger partial charge >= 0.3 is 0 Å². The second kappa shape index (κ2) is 8.18. The minimum atomic E-state index is -0.376. The van der Waals surface area contributed by atoms with E-state index in [0.717, 1.165) is 23.7 Å². The van der Waals surface area contributed by atoms with Gasteiger partial charge in [0, 0.05) is 24.2 Å². The van der Waals surface area contributed by atoms with E-state index in [2.05, 4.69) is 31.3 Å². The van der Waals surface area contributed by atoms with Crippen LogP contribution in [-0.2, 0) is 10.3 Å². The van der Waals surface area contributed by atoms with Gasteiger partial charge in [0.15, 0.2) is 0 Å². The van der Waals surface area contributed by atoms with Crippen LogP contribution in [0.5, 0.6) is 0 Å². The lowest BCUT2D eigenvalue weighted by Gasteiger charge is -2.35. The topological polar surface area (TPSA) is 41.5 Å². The van der Waals surface area contributed by atoms with Gasteiger partial charge < -0.3 is 15.2 Å². The number of hydrogen-bond donors (Lipinski definition) is 2. The van der Waals surface area contributed by atoms with Crippen molar-refractivity contribution in [3.05, 3.63) is 35.9 Å². The van der Waals surface area contributed by atoms with Gasteiger partial charge in [-0.05, 0) is 32.3 Å². The van der Waals surface area contributed by atoms with Gasteiger partial charge in [0.05, 0.1) is 18.2 Å². The normalized spacial score (nSPS) is 21.6. The summed E-state index contributed by atoms with van der Waals surface area (Å²) in [5, 5.41) is 13.6. The molecule has 4 heteroatoms. The van der Waals surface area contributed by atoms with Crippen molar-refractivity contribution in [1.29, 1.82) is 0 Å². The van der Waals surface area contributed by atoms with Crippen LogP contribution < -0.4 is 5.32 Å². The number of nitrogens with one attached hydrogen (secondary N) is 1. The van der Waals surface area contributed by atoms with Gasteiger partial charge in [-0.3, -0.25) is 0 Å². The van der Waals surface area contributed by atoms with E-state index < -0.39 is 0 Å². The average molecular weight is 309 g/mol. The van der Waals surface area contributed by atoms with Crippen LogP contribution in [-0.4, -0.2) is 42.0 Å². The fourth-order valence-electron chi connectivity index (χ4n) is 2.84. The SMILES string of the molecule is CC(C)NC(CO)(CSCC1CCCO1)c1ccccc1. The zero-order valence-electron chi connectivity index (χ0n) is 13.0. The molecule has 1 aromatic rings. The zero-order valence-corrected chi connectivity index (χ0v) is 13.9. The fraction of sp³-hybridized carbons (Fsp3) is 0.647. The van der Waals surface area contributed by atoms with E-state index in [1.807, 2.05) is 30.0 Å². The molecule has 2 N–H and O–H groups in total. The highest BCUT2D eigenvalue weighted by molar-refractivity contribution is 7.99. The van der Waals surface area contributed by atoms with Crippen LogP contribution >= 0.6 is 11.8 Å². The molecule has 21 heavy (non-hydrogen) atoms. The number of benzene rings is 1. The molecule has 1 fully saturated rings. The maximum Gasteiger partial charge on any atom is 0.0762 e. The Morgan fingerprint density at radius 1 is 1.38 bits per heavy atom. The maximum atomic E-state index is 10.1. The van der Waals surface area contributed by atoms with Crippen molar-refractivity contribution in [2.45, 2.75) is 44.4 Å². The monoisotopic (exact) mass is 309 g/mol. The van der Waals surface area contributed by atoms with Crippen LogP contribution in [0.25, 0.3) is 0 Å². The van der Waals surface area contributed by atoms with Gasteiger partial charge in [-0.25, -0.2) is 0 Å². The first-order valence-corrected chi connectivity index (χ1v) is 8.95. The number of thioether (sulfide) groups is 1. The van der Waals surface area contributed by atoms with Crippen LogP contribution in [0.15, 0.2) is 30.3 Å². The molecule has 0 spiro atoms. The fourth-order valence-corrected chi connectivity index (χ4v) is 4.17. The van der Waals surface area contributed by atoms with E-state index in [1.165, 1.54) is 12.8 Å². The molecule has 0 bridgehead atoms. The third kappa shape index (κ3) is 4.71. The first-order valence-electron chi connectivity index (χ1n) is 7.80. The highest BCUT2D eigenvalue weighted by Crippen LogP contribution is 2.28. The Balaban J connectivity index is 2.03. The van der Waals surface area contributed by atoms with Gasteiger partial charge in [-0.15, -0.1) is 0 Å². The second-order valence-electron chi connectivity index (χ2n) is 6.06. The lowest BCUT2D eigenvalue weighted by molar-refractivity contribution is 0.128. The lowest BCUT2D eigenvalue weighted by Crippen LogP contribution is -2.51. The van der Waals surface area contributed by atoms with Gasteiger partial charge in [0.1, 0.15) is 0 Å². The van der Waals surface area contributed by atoms with E-state index in [4.69, 9.17) is 4.74 Å². The minimum Gasteiger partial charge on any atom is -0.394 e. The average Bonchev–Trinajstić information content (AvgIpc) is 3.00. The smallest absolute Gasteiger partial charge is 0.0762 e. The Morgan fingerprint density at radius 3 is 2.71 bits per heavy atom. The van der Waals surface area contributed by atoms with Crippen LogP contribution in [0.4, 0.5) is 0 Å². The molecule has 2 unspecified atom stereocenters. The molecule has 2 atom stereocenters. The second-order valence-corrected chi connectivity index (χ2v) is 7.09. The summed E-state index contributed by atoms with van der Waals surface area (Å²) in [6, 6.07) is 10.6. The molecule has 118 valence electrons.